The Morgan fingerprint density at radius 3 is 2.25 bits per heavy atom. The van der Waals surface area contributed by atoms with Crippen LogP contribution in [-0.4, -0.2) is 20.0 Å². The predicted octanol–water partition coefficient (Wildman–Crippen LogP) is 1.18. The van der Waals surface area contributed by atoms with E-state index in [1.165, 1.54) is 0 Å². The molecule has 0 aliphatic rings. The van der Waals surface area contributed by atoms with Crippen molar-refractivity contribution in [3.8, 4) is 0 Å². The summed E-state index contributed by atoms with van der Waals surface area (Å²) < 4.78 is 62.6. The van der Waals surface area contributed by atoms with E-state index in [2.05, 4.69) is 10.7 Å². The van der Waals surface area contributed by atoms with Gasteiger partial charge in [0.2, 0.25) is 9.05 Å². The average molecular weight is 183 g/mol. The summed E-state index contributed by atoms with van der Waals surface area (Å²) in [5, 5.41) is 0. The summed E-state index contributed by atoms with van der Waals surface area (Å²) in [5.74, 6) is -3.20. The first-order valence-electron chi connectivity index (χ1n) is 4.38. The van der Waals surface area contributed by atoms with Crippen LogP contribution in [0.1, 0.15) is 14.6 Å². The van der Waals surface area contributed by atoms with Crippen LogP contribution in [-0.2, 0) is 9.05 Å². The second kappa shape index (κ2) is 3.54. The molecule has 0 aromatic heterocycles. The van der Waals surface area contributed by atoms with Gasteiger partial charge in [-0.05, 0) is 6.37 Å². The molecule has 0 unspecified atom stereocenters. The fourth-order valence-electron chi connectivity index (χ4n) is 0.0802. The first-order chi connectivity index (χ1) is 5.75. The molecule has 0 atom stereocenters. The van der Waals surface area contributed by atoms with E-state index >= 15 is 0 Å². The van der Waals surface area contributed by atoms with Gasteiger partial charge in [0.15, 0.2) is 0 Å². The zero-order valence-electron chi connectivity index (χ0n) is 9.48. The second-order valence-electron chi connectivity index (χ2n) is 0.759. The first kappa shape index (κ1) is 2.64. The maximum absolute atomic E-state index is 10.7. The first-order valence-corrected chi connectivity index (χ1v) is 4.07. The molecule has 0 fully saturated rings. The Hall–Kier alpha value is 0.530. The quantitative estimate of drug-likeness (QED) is 0.486. The zero-order chi connectivity index (χ0) is 12.0. The SMILES string of the molecule is [2H]C([2H])(Cl)C([2H])([2H])C([2H])([2H])S(=O)(=O)Cl. The minimum Gasteiger partial charge on any atom is -0.212 e. The predicted molar refractivity (Wildman–Crippen MR) is 35.0 cm³/mol. The summed E-state index contributed by atoms with van der Waals surface area (Å²) in [6, 6.07) is 0. The van der Waals surface area contributed by atoms with Crippen LogP contribution in [0.5, 0.6) is 0 Å². The Balaban J connectivity index is 5.54. The van der Waals surface area contributed by atoms with E-state index in [1.54, 1.807) is 0 Å². The Bertz CT molecular complexity index is 318. The number of rotatable bonds is 3. The van der Waals surface area contributed by atoms with Crippen molar-refractivity contribution in [2.75, 3.05) is 11.5 Å². The van der Waals surface area contributed by atoms with Gasteiger partial charge in [0.25, 0.3) is 0 Å². The molecular formula is C3H6Cl2O2S. The molecule has 0 spiro atoms. The Morgan fingerprint density at radius 1 is 1.62 bits per heavy atom. The summed E-state index contributed by atoms with van der Waals surface area (Å²) >= 11 is 4.91. The van der Waals surface area contributed by atoms with Crippen LogP contribution in [0.4, 0.5) is 0 Å². The molecule has 0 heterocycles. The summed E-state index contributed by atoms with van der Waals surface area (Å²) in [6.45, 7) is 0. The van der Waals surface area contributed by atoms with Crippen molar-refractivity contribution in [3.63, 3.8) is 0 Å². The van der Waals surface area contributed by atoms with Crippen LogP contribution in [0.3, 0.4) is 0 Å². The van der Waals surface area contributed by atoms with E-state index < -0.39 is 27.0 Å². The lowest BCUT2D eigenvalue weighted by Crippen LogP contribution is -1.96. The summed E-state index contributed by atoms with van der Waals surface area (Å²) in [5.41, 5.74) is -3.62. The third kappa shape index (κ3) is 6.53. The largest absolute Gasteiger partial charge is 0.232 e. The monoisotopic (exact) mass is 182 g/mol. The van der Waals surface area contributed by atoms with E-state index in [0.29, 0.717) is 0 Å². The number of halogens is 2. The van der Waals surface area contributed by atoms with Crippen LogP contribution in [0, 0.1) is 0 Å². The molecule has 50 valence electrons. The van der Waals surface area contributed by atoms with Gasteiger partial charge in [-0.3, -0.25) is 0 Å². The Kier molecular flexibility index (Phi) is 1.17. The normalized spacial score (nSPS) is 28.2. The van der Waals surface area contributed by atoms with E-state index in [9.17, 15) is 8.42 Å². The molecule has 0 aliphatic carbocycles. The van der Waals surface area contributed by atoms with Crippen molar-refractivity contribution >= 4 is 31.3 Å². The van der Waals surface area contributed by atoms with Crippen molar-refractivity contribution in [2.24, 2.45) is 0 Å². The molecule has 0 N–H and O–H groups in total. The summed E-state index contributed by atoms with van der Waals surface area (Å²) in [7, 11) is -0.290. The van der Waals surface area contributed by atoms with Crippen LogP contribution < -0.4 is 0 Å². The van der Waals surface area contributed by atoms with Gasteiger partial charge >= 0.3 is 0 Å². The smallest absolute Gasteiger partial charge is 0.212 e. The molecule has 0 bridgehead atoms. The van der Waals surface area contributed by atoms with E-state index in [0.717, 1.165) is 0 Å². The molecule has 0 amide bonds. The molecule has 0 aliphatic heterocycles. The van der Waals surface area contributed by atoms with Crippen molar-refractivity contribution in [3.05, 3.63) is 0 Å². The van der Waals surface area contributed by atoms with E-state index in [-0.39, 0.29) is 0 Å². The molecule has 0 saturated heterocycles. The third-order valence-electron chi connectivity index (χ3n) is 0.220. The van der Waals surface area contributed by atoms with Crippen molar-refractivity contribution in [2.45, 2.75) is 6.37 Å². The average Bonchev–Trinajstić information content (AvgIpc) is 1.81. The highest BCUT2D eigenvalue weighted by Crippen LogP contribution is 1.98. The maximum Gasteiger partial charge on any atom is 0.232 e. The van der Waals surface area contributed by atoms with Gasteiger partial charge < -0.3 is 0 Å². The molecular weight excluding hydrogens is 171 g/mol. The van der Waals surface area contributed by atoms with Crippen molar-refractivity contribution < 1.29 is 16.6 Å². The number of hydrogen-bond donors (Lipinski definition) is 0. The van der Waals surface area contributed by atoms with Crippen LogP contribution in [0.15, 0.2) is 0 Å². The van der Waals surface area contributed by atoms with Crippen LogP contribution >= 0.6 is 22.3 Å². The minimum absolute atomic E-state index is 3.20. The highest BCUT2D eigenvalue weighted by atomic mass is 35.7. The van der Waals surface area contributed by atoms with Crippen LogP contribution in [0.25, 0.3) is 0 Å². The van der Waals surface area contributed by atoms with E-state index in [4.69, 9.17) is 19.8 Å². The molecule has 5 heteroatoms. The van der Waals surface area contributed by atoms with Gasteiger partial charge in [0.05, 0.1) is 5.70 Å². The molecule has 2 nitrogen and oxygen atoms in total. The topological polar surface area (TPSA) is 34.1 Å². The lowest BCUT2D eigenvalue weighted by atomic mass is 10.6. The second-order valence-corrected chi connectivity index (χ2v) is 3.25. The Morgan fingerprint density at radius 2 is 2.12 bits per heavy atom. The van der Waals surface area contributed by atoms with Gasteiger partial charge in [-0.1, -0.05) is 0 Å². The molecule has 0 aromatic rings. The fraction of sp³-hybridized carbons (Fsp3) is 1.00. The highest BCUT2D eigenvalue weighted by molar-refractivity contribution is 8.13. The van der Waals surface area contributed by atoms with Gasteiger partial charge in [-0.25, -0.2) is 8.42 Å². The standard InChI is InChI=1S/C3H6Cl2O2S/c4-2-1-3-8(5,6)7/h1-3H2/i1D2,2D2,3D2. The number of hydrogen-bond acceptors (Lipinski definition) is 2. The Labute approximate surface area is 66.6 Å². The maximum atomic E-state index is 10.7. The lowest BCUT2D eigenvalue weighted by molar-refractivity contribution is 0.608. The molecule has 0 aromatic carbocycles. The zero-order valence-corrected chi connectivity index (χ0v) is 5.81. The van der Waals surface area contributed by atoms with Crippen molar-refractivity contribution in [1.82, 2.24) is 0 Å². The lowest BCUT2D eigenvalue weighted by Gasteiger charge is -1.87. The third-order valence-corrected chi connectivity index (χ3v) is 0.892. The van der Waals surface area contributed by atoms with Gasteiger partial charge in [0, 0.05) is 24.7 Å². The molecule has 8 heavy (non-hydrogen) atoms. The van der Waals surface area contributed by atoms with Gasteiger partial charge in [-0.15, -0.1) is 11.6 Å². The highest BCUT2D eigenvalue weighted by Gasteiger charge is 2.01. The van der Waals surface area contributed by atoms with Gasteiger partial charge in [0.1, 0.15) is 0 Å². The molecule has 0 saturated carbocycles. The van der Waals surface area contributed by atoms with Crippen molar-refractivity contribution in [1.29, 1.82) is 0 Å². The fourth-order valence-corrected chi connectivity index (χ4v) is 0.472. The van der Waals surface area contributed by atoms with Gasteiger partial charge in [-0.2, -0.15) is 0 Å². The summed E-state index contributed by atoms with van der Waals surface area (Å²) in [6.07, 6.45) is -3.47. The molecule has 0 rings (SSSR count). The minimum atomic E-state index is -4.94. The molecule has 0 radical (unpaired) electrons. The van der Waals surface area contributed by atoms with E-state index in [1.807, 2.05) is 0 Å². The number of alkyl halides is 1. The summed E-state index contributed by atoms with van der Waals surface area (Å²) in [4.78, 5) is 0. The van der Waals surface area contributed by atoms with Crippen LogP contribution in [0.2, 0.25) is 0 Å².